The maximum atomic E-state index is 11.3. The second kappa shape index (κ2) is 6.25. The first-order valence-corrected chi connectivity index (χ1v) is 6.72. The molecule has 21 heavy (non-hydrogen) atoms. The Kier molecular flexibility index (Phi) is 4.42. The number of aromatic nitrogens is 3. The lowest BCUT2D eigenvalue weighted by atomic mass is 10.1. The molecule has 0 spiro atoms. The second-order valence-electron chi connectivity index (χ2n) is 4.70. The molecule has 0 aliphatic heterocycles. The van der Waals surface area contributed by atoms with Crippen LogP contribution in [0.2, 0.25) is 0 Å². The monoisotopic (exact) mass is 287 g/mol. The van der Waals surface area contributed by atoms with Gasteiger partial charge in [0.25, 0.3) is 0 Å². The molecule has 7 nitrogen and oxygen atoms in total. The van der Waals surface area contributed by atoms with Crippen LogP contribution in [0.4, 0.5) is 11.6 Å². The Labute approximate surface area is 122 Å². The average Bonchev–Trinajstić information content (AvgIpc) is 2.44. The van der Waals surface area contributed by atoms with E-state index >= 15 is 0 Å². The largest absolute Gasteiger partial charge is 0.354 e. The molecular weight excluding hydrogens is 270 g/mol. The van der Waals surface area contributed by atoms with Gasteiger partial charge >= 0.3 is 5.69 Å². The van der Waals surface area contributed by atoms with Crippen molar-refractivity contribution in [3.05, 3.63) is 39.8 Å². The van der Waals surface area contributed by atoms with E-state index in [4.69, 9.17) is 0 Å². The van der Waals surface area contributed by atoms with Gasteiger partial charge in [0.05, 0.1) is 4.92 Å². The van der Waals surface area contributed by atoms with E-state index in [0.29, 0.717) is 29.4 Å². The van der Waals surface area contributed by atoms with Crippen molar-refractivity contribution >= 4 is 11.6 Å². The summed E-state index contributed by atoms with van der Waals surface area (Å²) in [5.74, 6) is 0.401. The Balaban J connectivity index is 2.63. The number of nitrogens with zero attached hydrogens (tertiary/aromatic N) is 4. The summed E-state index contributed by atoms with van der Waals surface area (Å²) >= 11 is 0. The Hall–Kier alpha value is -2.57. The predicted octanol–water partition coefficient (Wildman–Crippen LogP) is 2.89. The van der Waals surface area contributed by atoms with Gasteiger partial charge < -0.3 is 5.32 Å². The van der Waals surface area contributed by atoms with E-state index in [1.807, 2.05) is 13.8 Å². The molecule has 0 unspecified atom stereocenters. The van der Waals surface area contributed by atoms with Crippen molar-refractivity contribution < 1.29 is 4.92 Å². The molecule has 2 heterocycles. The highest BCUT2D eigenvalue weighted by Gasteiger charge is 2.24. The molecule has 0 amide bonds. The van der Waals surface area contributed by atoms with Gasteiger partial charge in [-0.3, -0.25) is 15.1 Å². The minimum Gasteiger partial charge on any atom is -0.354 e. The third kappa shape index (κ3) is 3.13. The van der Waals surface area contributed by atoms with Crippen molar-refractivity contribution in [1.29, 1.82) is 0 Å². The summed E-state index contributed by atoms with van der Waals surface area (Å²) in [6, 6.07) is 1.80. The SMILES string of the molecule is CCCNc1nc(C)c([N+](=O)[O-])c(-c2cnccc2C)n1. The highest BCUT2D eigenvalue weighted by atomic mass is 16.6. The van der Waals surface area contributed by atoms with E-state index in [2.05, 4.69) is 20.3 Å². The van der Waals surface area contributed by atoms with Crippen molar-refractivity contribution in [3.63, 3.8) is 0 Å². The molecule has 0 aromatic carbocycles. The maximum absolute atomic E-state index is 11.3. The fourth-order valence-electron chi connectivity index (χ4n) is 2.00. The molecule has 0 bridgehead atoms. The van der Waals surface area contributed by atoms with Crippen LogP contribution in [0.15, 0.2) is 18.5 Å². The van der Waals surface area contributed by atoms with Crippen LogP contribution < -0.4 is 5.32 Å². The first-order chi connectivity index (χ1) is 10.0. The minimum absolute atomic E-state index is 0.0758. The Morgan fingerprint density at radius 3 is 2.71 bits per heavy atom. The number of nitrogens with one attached hydrogen (secondary N) is 1. The van der Waals surface area contributed by atoms with E-state index in [1.54, 1.807) is 25.4 Å². The summed E-state index contributed by atoms with van der Waals surface area (Å²) in [4.78, 5) is 23.4. The molecular formula is C14H17N5O2. The molecule has 7 heteroatoms. The Morgan fingerprint density at radius 1 is 1.33 bits per heavy atom. The smallest absolute Gasteiger partial charge is 0.316 e. The number of hydrogen-bond donors (Lipinski definition) is 1. The third-order valence-electron chi connectivity index (χ3n) is 3.07. The summed E-state index contributed by atoms with van der Waals surface area (Å²) in [5, 5.41) is 14.4. The Morgan fingerprint density at radius 2 is 2.10 bits per heavy atom. The molecule has 0 saturated carbocycles. The summed E-state index contributed by atoms with van der Waals surface area (Å²) in [7, 11) is 0. The van der Waals surface area contributed by atoms with Gasteiger partial charge in [-0.15, -0.1) is 0 Å². The lowest BCUT2D eigenvalue weighted by Gasteiger charge is -2.10. The first kappa shape index (κ1) is 14.8. The third-order valence-corrected chi connectivity index (χ3v) is 3.07. The average molecular weight is 287 g/mol. The van der Waals surface area contributed by atoms with Crippen molar-refractivity contribution in [2.24, 2.45) is 0 Å². The van der Waals surface area contributed by atoms with E-state index in [0.717, 1.165) is 12.0 Å². The lowest BCUT2D eigenvalue weighted by Crippen LogP contribution is -2.09. The summed E-state index contributed by atoms with van der Waals surface area (Å²) in [6.07, 6.45) is 4.16. The number of aryl methyl sites for hydroxylation is 2. The summed E-state index contributed by atoms with van der Waals surface area (Å²) in [5.41, 5.74) is 2.10. The van der Waals surface area contributed by atoms with E-state index in [9.17, 15) is 10.1 Å². The molecule has 2 rings (SSSR count). The summed E-state index contributed by atoms with van der Waals surface area (Å²) < 4.78 is 0. The molecule has 0 aliphatic rings. The normalized spacial score (nSPS) is 10.4. The zero-order valence-corrected chi connectivity index (χ0v) is 12.3. The maximum Gasteiger partial charge on any atom is 0.316 e. The van der Waals surface area contributed by atoms with E-state index in [1.165, 1.54) is 0 Å². The number of rotatable bonds is 5. The zero-order valence-electron chi connectivity index (χ0n) is 12.3. The Bertz CT molecular complexity index is 672. The van der Waals surface area contributed by atoms with Crippen molar-refractivity contribution in [1.82, 2.24) is 15.0 Å². The predicted molar refractivity (Wildman–Crippen MR) is 80.2 cm³/mol. The number of anilines is 1. The van der Waals surface area contributed by atoms with Gasteiger partial charge in [0.1, 0.15) is 5.69 Å². The summed E-state index contributed by atoms with van der Waals surface area (Å²) in [6.45, 7) is 6.23. The number of hydrogen-bond acceptors (Lipinski definition) is 6. The van der Waals surface area contributed by atoms with Crippen LogP contribution in [-0.2, 0) is 0 Å². The van der Waals surface area contributed by atoms with Gasteiger partial charge in [-0.2, -0.15) is 0 Å². The molecule has 0 fully saturated rings. The van der Waals surface area contributed by atoms with Gasteiger partial charge in [0, 0.05) is 24.5 Å². The van der Waals surface area contributed by atoms with E-state index < -0.39 is 4.92 Å². The highest BCUT2D eigenvalue weighted by Crippen LogP contribution is 2.32. The van der Waals surface area contributed by atoms with Crippen LogP contribution in [0.3, 0.4) is 0 Å². The molecule has 1 N–H and O–H groups in total. The fraction of sp³-hybridized carbons (Fsp3) is 0.357. The molecule has 2 aromatic rings. The van der Waals surface area contributed by atoms with Crippen molar-refractivity contribution in [3.8, 4) is 11.3 Å². The second-order valence-corrected chi connectivity index (χ2v) is 4.70. The molecule has 0 atom stereocenters. The van der Waals surface area contributed by atoms with Crippen LogP contribution in [0.25, 0.3) is 11.3 Å². The minimum atomic E-state index is -0.444. The molecule has 0 radical (unpaired) electrons. The quantitative estimate of drug-likeness (QED) is 0.671. The first-order valence-electron chi connectivity index (χ1n) is 6.72. The topological polar surface area (TPSA) is 93.8 Å². The van der Waals surface area contributed by atoms with Crippen molar-refractivity contribution in [2.75, 3.05) is 11.9 Å². The van der Waals surface area contributed by atoms with Gasteiger partial charge in [0.15, 0.2) is 5.69 Å². The standard InChI is InChI=1S/C14H17N5O2/c1-4-6-16-14-17-10(3)13(19(20)21)12(18-14)11-8-15-7-5-9(11)2/h5,7-8H,4,6H2,1-3H3,(H,16,17,18). The lowest BCUT2D eigenvalue weighted by molar-refractivity contribution is -0.385. The van der Waals surface area contributed by atoms with Crippen LogP contribution in [0.1, 0.15) is 24.6 Å². The van der Waals surface area contributed by atoms with Gasteiger partial charge in [-0.1, -0.05) is 6.92 Å². The zero-order chi connectivity index (χ0) is 15.4. The van der Waals surface area contributed by atoms with E-state index in [-0.39, 0.29) is 5.69 Å². The number of nitro groups is 1. The molecule has 0 aliphatic carbocycles. The van der Waals surface area contributed by atoms with Crippen molar-refractivity contribution in [2.45, 2.75) is 27.2 Å². The van der Waals surface area contributed by atoms with Gasteiger partial charge in [0.2, 0.25) is 5.95 Å². The number of pyridine rings is 1. The molecule has 110 valence electrons. The van der Waals surface area contributed by atoms with Crippen LogP contribution in [-0.4, -0.2) is 26.4 Å². The highest BCUT2D eigenvalue weighted by molar-refractivity contribution is 5.73. The van der Waals surface area contributed by atoms with Gasteiger partial charge in [-0.05, 0) is 31.9 Å². The van der Waals surface area contributed by atoms with Crippen LogP contribution >= 0.6 is 0 Å². The molecule has 2 aromatic heterocycles. The van der Waals surface area contributed by atoms with Gasteiger partial charge in [-0.25, -0.2) is 9.97 Å². The van der Waals surface area contributed by atoms with Crippen LogP contribution in [0, 0.1) is 24.0 Å². The fourth-order valence-corrected chi connectivity index (χ4v) is 2.00. The van der Waals surface area contributed by atoms with Crippen LogP contribution in [0.5, 0.6) is 0 Å². The molecule has 0 saturated heterocycles.